The highest BCUT2D eigenvalue weighted by Crippen LogP contribution is 2.43. The Kier molecular flexibility index (Phi) is 47.7. The van der Waals surface area contributed by atoms with Crippen LogP contribution in [0.3, 0.4) is 0 Å². The number of hydrogen-bond acceptors (Lipinski definition) is 6. The molecule has 0 heterocycles. The zero-order valence-corrected chi connectivity index (χ0v) is 44.4. The average molecular weight is 937 g/mol. The van der Waals surface area contributed by atoms with Gasteiger partial charge in [-0.05, 0) is 51.4 Å². The topological polar surface area (TPSA) is 91.3 Å². The Morgan fingerprint density at radius 3 is 1.34 bits per heavy atom. The number of quaternary nitrogens is 1. The van der Waals surface area contributed by atoms with Crippen LogP contribution in [-0.4, -0.2) is 75.6 Å². The molecule has 65 heavy (non-hydrogen) atoms. The lowest BCUT2D eigenvalue weighted by molar-refractivity contribution is -0.870. The lowest BCUT2D eigenvalue weighted by Gasteiger charge is -2.24. The molecule has 0 amide bonds. The van der Waals surface area contributed by atoms with E-state index < -0.39 is 13.9 Å². The van der Waals surface area contributed by atoms with Crippen LogP contribution in [0.2, 0.25) is 0 Å². The van der Waals surface area contributed by atoms with Crippen LogP contribution < -0.4 is 0 Å². The minimum Gasteiger partial charge on any atom is -0.457 e. The summed E-state index contributed by atoms with van der Waals surface area (Å²) in [6.07, 6.45) is 61.6. The molecule has 2 unspecified atom stereocenters. The summed E-state index contributed by atoms with van der Waals surface area (Å²) < 4.78 is 35.2. The van der Waals surface area contributed by atoms with E-state index in [4.69, 9.17) is 18.5 Å². The summed E-state index contributed by atoms with van der Waals surface area (Å²) in [5, 5.41) is 0. The Hall–Kier alpha value is -1.54. The summed E-state index contributed by atoms with van der Waals surface area (Å²) in [6, 6.07) is 0. The molecule has 1 N–H and O–H groups in total. The first kappa shape index (κ1) is 63.5. The molecule has 0 aromatic rings. The summed E-state index contributed by atoms with van der Waals surface area (Å²) in [5.74, 6) is -0.312. The van der Waals surface area contributed by atoms with E-state index in [9.17, 15) is 14.3 Å². The lowest BCUT2D eigenvalue weighted by Crippen LogP contribution is -2.37. The number of phosphoric ester groups is 1. The van der Waals surface area contributed by atoms with Gasteiger partial charge in [0.2, 0.25) is 0 Å². The fraction of sp³-hybridized carbons (Fsp3) is 0.839. The van der Waals surface area contributed by atoms with Gasteiger partial charge in [0.1, 0.15) is 19.3 Å². The molecule has 0 saturated carbocycles. The van der Waals surface area contributed by atoms with Crippen LogP contribution in [0.1, 0.15) is 245 Å². The maximum atomic E-state index is 12.8. The van der Waals surface area contributed by atoms with Crippen molar-refractivity contribution in [3.8, 4) is 0 Å². The number of hydrogen-bond donors (Lipinski definition) is 1. The number of nitrogens with zero attached hydrogens (tertiary/aromatic N) is 1. The number of ether oxygens (including phenoxy) is 2. The minimum atomic E-state index is -4.28. The Morgan fingerprint density at radius 1 is 0.492 bits per heavy atom. The first-order chi connectivity index (χ1) is 31.6. The molecule has 0 bridgehead atoms. The third-order valence-corrected chi connectivity index (χ3v) is 12.9. The molecule has 0 aromatic carbocycles. The van der Waals surface area contributed by atoms with Gasteiger partial charge < -0.3 is 18.9 Å². The quantitative estimate of drug-likeness (QED) is 0.0214. The van der Waals surface area contributed by atoms with Crippen molar-refractivity contribution in [2.75, 3.05) is 54.1 Å². The Labute approximate surface area is 403 Å². The molecular formula is C56H107NO7P+. The molecule has 382 valence electrons. The van der Waals surface area contributed by atoms with Crippen molar-refractivity contribution in [2.24, 2.45) is 0 Å². The Balaban J connectivity index is 4.08. The fourth-order valence-corrected chi connectivity index (χ4v) is 8.46. The lowest BCUT2D eigenvalue weighted by atomic mass is 10.0. The number of likely N-dealkylation sites (N-methyl/N-ethyl adjacent to an activating group) is 1. The van der Waals surface area contributed by atoms with Gasteiger partial charge in [0.15, 0.2) is 0 Å². The van der Waals surface area contributed by atoms with Crippen LogP contribution in [0, 0.1) is 0 Å². The van der Waals surface area contributed by atoms with E-state index >= 15 is 0 Å². The number of rotatable bonds is 51. The zero-order chi connectivity index (χ0) is 47.6. The summed E-state index contributed by atoms with van der Waals surface area (Å²) in [6.45, 7) is 5.56. The van der Waals surface area contributed by atoms with Gasteiger partial charge >= 0.3 is 13.8 Å². The number of allylic oxidation sites excluding steroid dienone is 8. The summed E-state index contributed by atoms with van der Waals surface area (Å²) >= 11 is 0. The fourth-order valence-electron chi connectivity index (χ4n) is 7.72. The summed E-state index contributed by atoms with van der Waals surface area (Å²) in [7, 11) is 1.67. The van der Waals surface area contributed by atoms with Crippen molar-refractivity contribution in [1.82, 2.24) is 0 Å². The highest BCUT2D eigenvalue weighted by Gasteiger charge is 2.26. The third-order valence-electron chi connectivity index (χ3n) is 11.9. The second kappa shape index (κ2) is 48.9. The smallest absolute Gasteiger partial charge is 0.457 e. The minimum absolute atomic E-state index is 0.0891. The Morgan fingerprint density at radius 2 is 0.892 bits per heavy atom. The van der Waals surface area contributed by atoms with Crippen molar-refractivity contribution in [1.29, 1.82) is 0 Å². The molecule has 0 spiro atoms. The summed E-state index contributed by atoms with van der Waals surface area (Å²) in [4.78, 5) is 23.1. The van der Waals surface area contributed by atoms with Crippen molar-refractivity contribution in [2.45, 2.75) is 251 Å². The van der Waals surface area contributed by atoms with Crippen LogP contribution in [0.4, 0.5) is 0 Å². The molecule has 0 fully saturated rings. The molecule has 2 atom stereocenters. The Bertz CT molecular complexity index is 1180. The van der Waals surface area contributed by atoms with E-state index in [1.807, 2.05) is 21.1 Å². The molecule has 0 aliphatic carbocycles. The predicted octanol–water partition coefficient (Wildman–Crippen LogP) is 17.1. The summed E-state index contributed by atoms with van der Waals surface area (Å²) in [5.41, 5.74) is 0. The molecule has 0 aromatic heterocycles. The first-order valence-electron chi connectivity index (χ1n) is 27.4. The van der Waals surface area contributed by atoms with Gasteiger partial charge in [0.05, 0.1) is 34.4 Å². The molecular weight excluding hydrogens is 830 g/mol. The standard InChI is InChI=1S/C56H106NO7P/c1-6-8-10-12-14-16-18-20-22-24-26-27-28-29-30-31-32-33-35-37-39-41-43-45-47-49-56(58)64-55(54-63-65(59,60)62-52-50-57(3,4)5)53-61-51-48-46-44-42-40-38-36-34-25-23-21-19-17-15-13-11-9-7-2/h8,10,14,16,20,22,26-27,55H,6-7,9,11-13,15,17-19,21,23-25,28-54H2,1-5H3/p+1/b10-8-,16-14-,22-20-,27-26-. The molecule has 0 radical (unpaired) electrons. The number of carbonyl (C=O) groups is 1. The normalized spacial score (nSPS) is 13.9. The average Bonchev–Trinajstić information content (AvgIpc) is 3.27. The molecule has 8 nitrogen and oxygen atoms in total. The molecule has 0 aliphatic rings. The van der Waals surface area contributed by atoms with E-state index in [-0.39, 0.29) is 25.8 Å². The molecule has 0 rings (SSSR count). The highest BCUT2D eigenvalue weighted by atomic mass is 31.2. The second-order valence-corrected chi connectivity index (χ2v) is 21.0. The van der Waals surface area contributed by atoms with Crippen LogP contribution in [-0.2, 0) is 27.9 Å². The van der Waals surface area contributed by atoms with Crippen LogP contribution >= 0.6 is 7.82 Å². The van der Waals surface area contributed by atoms with Crippen molar-refractivity contribution < 1.29 is 37.3 Å². The first-order valence-corrected chi connectivity index (χ1v) is 28.9. The monoisotopic (exact) mass is 937 g/mol. The molecule has 0 saturated heterocycles. The van der Waals surface area contributed by atoms with Gasteiger partial charge in [-0.25, -0.2) is 4.57 Å². The number of carbonyl (C=O) groups excluding carboxylic acids is 1. The van der Waals surface area contributed by atoms with E-state index in [0.717, 1.165) is 57.8 Å². The van der Waals surface area contributed by atoms with Crippen molar-refractivity contribution in [3.63, 3.8) is 0 Å². The molecule has 0 aliphatic heterocycles. The van der Waals surface area contributed by atoms with Gasteiger partial charge in [0, 0.05) is 13.0 Å². The number of esters is 1. The maximum absolute atomic E-state index is 12.8. The number of unbranched alkanes of at least 4 members (excludes halogenated alkanes) is 29. The van der Waals surface area contributed by atoms with Crippen molar-refractivity contribution in [3.05, 3.63) is 48.6 Å². The van der Waals surface area contributed by atoms with Gasteiger partial charge in [-0.15, -0.1) is 0 Å². The van der Waals surface area contributed by atoms with Gasteiger partial charge in [-0.2, -0.15) is 0 Å². The third kappa shape index (κ3) is 53.3. The van der Waals surface area contributed by atoms with Crippen LogP contribution in [0.25, 0.3) is 0 Å². The highest BCUT2D eigenvalue weighted by molar-refractivity contribution is 7.47. The maximum Gasteiger partial charge on any atom is 0.472 e. The SMILES string of the molecule is CC/C=C\C/C=C\C/C=C\C/C=C\CCCCCCCCCCCCCCC(=O)OC(COCCCCCCCCCCCCCCCCCCCC)COP(=O)(O)OCC[N+](C)(C)C. The number of phosphoric acid groups is 1. The van der Waals surface area contributed by atoms with Gasteiger partial charge in [0.25, 0.3) is 0 Å². The van der Waals surface area contributed by atoms with E-state index in [1.165, 1.54) is 167 Å². The second-order valence-electron chi connectivity index (χ2n) is 19.6. The van der Waals surface area contributed by atoms with E-state index in [0.29, 0.717) is 24.1 Å². The van der Waals surface area contributed by atoms with Crippen LogP contribution in [0.5, 0.6) is 0 Å². The van der Waals surface area contributed by atoms with Gasteiger partial charge in [-0.3, -0.25) is 13.8 Å². The van der Waals surface area contributed by atoms with E-state index in [2.05, 4.69) is 62.5 Å². The van der Waals surface area contributed by atoms with E-state index in [1.54, 1.807) is 0 Å². The molecule has 9 heteroatoms. The zero-order valence-electron chi connectivity index (χ0n) is 43.5. The van der Waals surface area contributed by atoms with Crippen LogP contribution in [0.15, 0.2) is 48.6 Å². The largest absolute Gasteiger partial charge is 0.472 e. The van der Waals surface area contributed by atoms with Crippen molar-refractivity contribution >= 4 is 13.8 Å². The van der Waals surface area contributed by atoms with Gasteiger partial charge in [-0.1, -0.05) is 236 Å². The predicted molar refractivity (Wildman–Crippen MR) is 279 cm³/mol.